The van der Waals surface area contributed by atoms with E-state index in [4.69, 9.17) is 27.4 Å². The number of benzene rings is 2. The van der Waals surface area contributed by atoms with E-state index in [9.17, 15) is 0 Å². The normalized spacial score (nSPS) is 10.2. The van der Waals surface area contributed by atoms with E-state index in [2.05, 4.69) is 0 Å². The second-order valence-electron chi connectivity index (χ2n) is 4.36. The molecule has 0 heterocycles. The Morgan fingerprint density at radius 1 is 1.05 bits per heavy atom. The number of ether oxygens (including phenoxy) is 2. The van der Waals surface area contributed by atoms with Crippen LogP contribution in [0.3, 0.4) is 0 Å². The van der Waals surface area contributed by atoms with Crippen molar-refractivity contribution in [1.82, 2.24) is 0 Å². The molecule has 104 valence electrons. The van der Waals surface area contributed by atoms with E-state index in [1.165, 1.54) is 0 Å². The lowest BCUT2D eigenvalue weighted by molar-refractivity contribution is 0.107. The summed E-state index contributed by atoms with van der Waals surface area (Å²) in [6.45, 7) is 1.02. The van der Waals surface area contributed by atoms with Gasteiger partial charge in [-0.05, 0) is 23.3 Å². The van der Waals surface area contributed by atoms with Gasteiger partial charge in [-0.15, -0.1) is 0 Å². The lowest BCUT2D eigenvalue weighted by atomic mass is 10.1. The Morgan fingerprint density at radius 3 is 2.40 bits per heavy atom. The second-order valence-corrected chi connectivity index (χ2v) is 4.80. The fourth-order valence-electron chi connectivity index (χ4n) is 1.89. The van der Waals surface area contributed by atoms with E-state index in [1.807, 2.05) is 48.5 Å². The van der Waals surface area contributed by atoms with Crippen LogP contribution in [-0.2, 0) is 18.0 Å². The first-order valence-electron chi connectivity index (χ1n) is 6.29. The van der Waals surface area contributed by atoms with E-state index < -0.39 is 0 Å². The lowest BCUT2D eigenvalue weighted by Gasteiger charge is -2.09. The van der Waals surface area contributed by atoms with Crippen LogP contribution in [0.5, 0.6) is 5.75 Å². The molecule has 3 nitrogen and oxygen atoms in total. The third-order valence-corrected chi connectivity index (χ3v) is 3.19. The molecule has 0 fully saturated rings. The summed E-state index contributed by atoms with van der Waals surface area (Å²) in [5.74, 6) is 0.840. The van der Waals surface area contributed by atoms with Gasteiger partial charge in [0.1, 0.15) is 10.7 Å². The molecule has 0 aliphatic heterocycles. The van der Waals surface area contributed by atoms with Crippen molar-refractivity contribution >= 4 is 17.2 Å². The maximum atomic E-state index is 5.71. The van der Waals surface area contributed by atoms with Crippen LogP contribution in [0.2, 0.25) is 0 Å². The number of rotatable bonds is 6. The Balaban J connectivity index is 1.94. The lowest BCUT2D eigenvalue weighted by Crippen LogP contribution is -2.12. The van der Waals surface area contributed by atoms with Crippen LogP contribution in [0.1, 0.15) is 16.7 Å². The maximum absolute atomic E-state index is 5.71. The van der Waals surface area contributed by atoms with E-state index in [0.29, 0.717) is 18.2 Å². The molecule has 2 N–H and O–H groups in total. The molecule has 0 unspecified atom stereocenters. The summed E-state index contributed by atoms with van der Waals surface area (Å²) in [6, 6.07) is 15.6. The fraction of sp³-hybridized carbons (Fsp3) is 0.188. The van der Waals surface area contributed by atoms with Crippen LogP contribution in [0.4, 0.5) is 0 Å². The van der Waals surface area contributed by atoms with Crippen molar-refractivity contribution in [3.8, 4) is 5.75 Å². The van der Waals surface area contributed by atoms with E-state index in [-0.39, 0.29) is 0 Å². The minimum atomic E-state index is 0.397. The highest BCUT2D eigenvalue weighted by Gasteiger charge is 2.04. The zero-order chi connectivity index (χ0) is 14.4. The topological polar surface area (TPSA) is 44.5 Å². The van der Waals surface area contributed by atoms with E-state index >= 15 is 0 Å². The first-order valence-corrected chi connectivity index (χ1v) is 6.70. The summed E-state index contributed by atoms with van der Waals surface area (Å²) in [6.07, 6.45) is 0. The molecule has 0 saturated carbocycles. The smallest absolute Gasteiger partial charge is 0.118 e. The summed E-state index contributed by atoms with van der Waals surface area (Å²) in [5, 5.41) is 0. The van der Waals surface area contributed by atoms with Crippen molar-refractivity contribution in [2.24, 2.45) is 5.73 Å². The van der Waals surface area contributed by atoms with Gasteiger partial charge in [-0.25, -0.2) is 0 Å². The number of methoxy groups -OCH3 is 1. The number of hydrogen-bond donors (Lipinski definition) is 1. The molecule has 2 rings (SSSR count). The molecule has 0 radical (unpaired) electrons. The molecule has 2 aromatic rings. The summed E-state index contributed by atoms with van der Waals surface area (Å²) in [5.41, 5.74) is 8.67. The van der Waals surface area contributed by atoms with Gasteiger partial charge in [-0.3, -0.25) is 0 Å². The predicted octanol–water partition coefficient (Wildman–Crippen LogP) is 3.05. The number of thiocarbonyl (C=S) groups is 1. The first-order chi connectivity index (χ1) is 9.70. The van der Waals surface area contributed by atoms with Gasteiger partial charge >= 0.3 is 0 Å². The highest BCUT2D eigenvalue weighted by Crippen LogP contribution is 2.14. The molecule has 0 aliphatic carbocycles. The molecule has 0 amide bonds. The van der Waals surface area contributed by atoms with Gasteiger partial charge in [-0.2, -0.15) is 0 Å². The minimum Gasteiger partial charge on any atom is -0.497 e. The average molecular weight is 287 g/mol. The molecule has 2 aromatic carbocycles. The zero-order valence-corrected chi connectivity index (χ0v) is 12.2. The van der Waals surface area contributed by atoms with E-state index in [0.717, 1.165) is 22.4 Å². The zero-order valence-electron chi connectivity index (χ0n) is 11.3. The summed E-state index contributed by atoms with van der Waals surface area (Å²) in [7, 11) is 1.65. The molecule has 0 aromatic heterocycles. The second kappa shape index (κ2) is 7.03. The van der Waals surface area contributed by atoms with Gasteiger partial charge in [-0.1, -0.05) is 48.6 Å². The molecule has 0 atom stereocenters. The van der Waals surface area contributed by atoms with Crippen LogP contribution < -0.4 is 10.5 Å². The third kappa shape index (κ3) is 3.79. The van der Waals surface area contributed by atoms with Crippen molar-refractivity contribution < 1.29 is 9.47 Å². The summed E-state index contributed by atoms with van der Waals surface area (Å²) < 4.78 is 10.8. The Hall–Kier alpha value is -1.91. The molecule has 4 heteroatoms. The quantitative estimate of drug-likeness (QED) is 0.829. The summed E-state index contributed by atoms with van der Waals surface area (Å²) >= 11 is 5.03. The SMILES string of the molecule is COc1ccc(COCc2ccccc2C(N)=S)cc1. The average Bonchev–Trinajstić information content (AvgIpc) is 2.48. The van der Waals surface area contributed by atoms with Crippen LogP contribution in [-0.4, -0.2) is 12.1 Å². The van der Waals surface area contributed by atoms with Crippen molar-refractivity contribution in [2.75, 3.05) is 7.11 Å². The molecule has 0 aliphatic rings. The van der Waals surface area contributed by atoms with Crippen LogP contribution in [0.15, 0.2) is 48.5 Å². The van der Waals surface area contributed by atoms with Gasteiger partial charge in [0.15, 0.2) is 0 Å². The van der Waals surface area contributed by atoms with Crippen molar-refractivity contribution in [3.05, 3.63) is 65.2 Å². The summed E-state index contributed by atoms with van der Waals surface area (Å²) in [4.78, 5) is 0.397. The van der Waals surface area contributed by atoms with Crippen LogP contribution >= 0.6 is 12.2 Å². The predicted molar refractivity (Wildman–Crippen MR) is 83.8 cm³/mol. The highest BCUT2D eigenvalue weighted by atomic mass is 32.1. The van der Waals surface area contributed by atoms with Crippen LogP contribution in [0, 0.1) is 0 Å². The Kier molecular flexibility index (Phi) is 5.09. The van der Waals surface area contributed by atoms with Crippen molar-refractivity contribution in [1.29, 1.82) is 0 Å². The number of hydrogen-bond acceptors (Lipinski definition) is 3. The maximum Gasteiger partial charge on any atom is 0.118 e. The standard InChI is InChI=1S/C16H17NO2S/c1-18-14-8-6-12(7-9-14)10-19-11-13-4-2-3-5-15(13)16(17)20/h2-9H,10-11H2,1H3,(H2,17,20). The Labute approximate surface area is 124 Å². The molecule has 20 heavy (non-hydrogen) atoms. The minimum absolute atomic E-state index is 0.397. The van der Waals surface area contributed by atoms with Crippen molar-refractivity contribution in [3.63, 3.8) is 0 Å². The van der Waals surface area contributed by atoms with Gasteiger partial charge in [0.25, 0.3) is 0 Å². The molecular weight excluding hydrogens is 270 g/mol. The van der Waals surface area contributed by atoms with Gasteiger partial charge in [0.05, 0.1) is 20.3 Å². The van der Waals surface area contributed by atoms with Gasteiger partial charge in [0, 0.05) is 5.56 Å². The molecule has 0 spiro atoms. The largest absolute Gasteiger partial charge is 0.497 e. The molecule has 0 bridgehead atoms. The third-order valence-electron chi connectivity index (χ3n) is 2.97. The van der Waals surface area contributed by atoms with Gasteiger partial charge < -0.3 is 15.2 Å². The van der Waals surface area contributed by atoms with Crippen LogP contribution in [0.25, 0.3) is 0 Å². The first kappa shape index (κ1) is 14.5. The fourth-order valence-corrected chi connectivity index (χ4v) is 2.09. The highest BCUT2D eigenvalue weighted by molar-refractivity contribution is 7.80. The molecule has 0 saturated heterocycles. The Bertz CT molecular complexity index is 581. The Morgan fingerprint density at radius 2 is 1.75 bits per heavy atom. The van der Waals surface area contributed by atoms with Crippen molar-refractivity contribution in [2.45, 2.75) is 13.2 Å². The number of nitrogens with two attached hydrogens (primary N) is 1. The van der Waals surface area contributed by atoms with Gasteiger partial charge in [0.2, 0.25) is 0 Å². The molecular formula is C16H17NO2S. The van der Waals surface area contributed by atoms with E-state index in [1.54, 1.807) is 7.11 Å². The monoisotopic (exact) mass is 287 g/mol.